The van der Waals surface area contributed by atoms with Crippen LogP contribution in [-0.4, -0.2) is 20.9 Å². The van der Waals surface area contributed by atoms with Crippen LogP contribution < -0.4 is 0 Å². The van der Waals surface area contributed by atoms with Crippen LogP contribution in [0.4, 0.5) is 0 Å². The Morgan fingerprint density at radius 1 is 1.38 bits per heavy atom. The Kier molecular flexibility index (Phi) is 2.04. The molecule has 4 nitrogen and oxygen atoms in total. The third kappa shape index (κ3) is 1.42. The Bertz CT molecular complexity index is 656. The molecular weight excluding hydrogens is 222 g/mol. The average molecular weight is 229 g/mol. The fourth-order valence-electron chi connectivity index (χ4n) is 1.54. The molecule has 0 bridgehead atoms. The normalized spacial score (nSPS) is 10.8. The Labute approximate surface area is 95.2 Å². The van der Waals surface area contributed by atoms with Crippen molar-refractivity contribution >= 4 is 23.1 Å². The predicted molar refractivity (Wildman–Crippen MR) is 61.7 cm³/mol. The van der Waals surface area contributed by atoms with Crippen molar-refractivity contribution < 1.29 is 4.79 Å². The number of aromatic nitrogens is 3. The molecule has 78 valence electrons. The van der Waals surface area contributed by atoms with Gasteiger partial charge in [0.25, 0.3) is 0 Å². The molecule has 5 heteroatoms. The maximum absolute atomic E-state index is 10.6. The molecule has 3 rings (SSSR count). The first-order valence-corrected chi connectivity index (χ1v) is 5.53. The van der Waals surface area contributed by atoms with Gasteiger partial charge in [0.05, 0.1) is 16.6 Å². The molecule has 3 aromatic heterocycles. The lowest BCUT2D eigenvalue weighted by molar-refractivity contribution is 0.112. The van der Waals surface area contributed by atoms with Crippen LogP contribution in [0.5, 0.6) is 0 Å². The molecule has 0 unspecified atom stereocenters. The summed E-state index contributed by atoms with van der Waals surface area (Å²) in [6.07, 6.45) is 6.12. The maximum atomic E-state index is 10.6. The van der Waals surface area contributed by atoms with Gasteiger partial charge < -0.3 is 0 Å². The molecule has 0 aliphatic carbocycles. The molecule has 0 aromatic carbocycles. The molecule has 16 heavy (non-hydrogen) atoms. The summed E-state index contributed by atoms with van der Waals surface area (Å²) in [5, 5.41) is 4.75. The first kappa shape index (κ1) is 9.23. The molecule has 0 spiro atoms. The number of nitrogens with zero attached hydrogens (tertiary/aromatic N) is 3. The van der Waals surface area contributed by atoms with Crippen LogP contribution in [-0.2, 0) is 0 Å². The summed E-state index contributed by atoms with van der Waals surface area (Å²) in [5.41, 5.74) is 2.01. The number of fused-ring (bicyclic) bond motifs is 1. The number of carbonyl (C=O) groups excluding carboxylic acids is 1. The third-order valence-electron chi connectivity index (χ3n) is 2.29. The molecule has 3 aromatic rings. The highest BCUT2D eigenvalue weighted by Crippen LogP contribution is 2.25. The molecule has 0 amide bonds. The van der Waals surface area contributed by atoms with Crippen molar-refractivity contribution in [1.82, 2.24) is 14.6 Å². The number of carbonyl (C=O) groups is 1. The first-order valence-electron chi connectivity index (χ1n) is 4.71. The van der Waals surface area contributed by atoms with Crippen molar-refractivity contribution in [1.29, 1.82) is 0 Å². The second kappa shape index (κ2) is 3.53. The fraction of sp³-hybridized carbons (Fsp3) is 0. The molecule has 3 heterocycles. The third-order valence-corrected chi connectivity index (χ3v) is 3.26. The minimum absolute atomic E-state index is 0.491. The number of hydrogen-bond acceptors (Lipinski definition) is 4. The predicted octanol–water partition coefficient (Wildman–Crippen LogP) is 2.27. The number of thiazole rings is 1. The van der Waals surface area contributed by atoms with Crippen molar-refractivity contribution in [3.05, 3.63) is 41.8 Å². The SMILES string of the molecule is O=Cc1ncc(-c2cnn3cccc3c2)s1. The monoisotopic (exact) mass is 229 g/mol. The molecule has 0 saturated heterocycles. The Morgan fingerprint density at radius 3 is 3.12 bits per heavy atom. The van der Waals surface area contributed by atoms with E-state index in [-0.39, 0.29) is 0 Å². The molecule has 0 aliphatic heterocycles. The van der Waals surface area contributed by atoms with Gasteiger partial charge in [0.15, 0.2) is 11.3 Å². The van der Waals surface area contributed by atoms with Gasteiger partial charge in [0, 0.05) is 18.0 Å². The van der Waals surface area contributed by atoms with Gasteiger partial charge in [-0.25, -0.2) is 9.50 Å². The van der Waals surface area contributed by atoms with Gasteiger partial charge in [-0.1, -0.05) is 0 Å². The lowest BCUT2D eigenvalue weighted by atomic mass is 10.2. The van der Waals surface area contributed by atoms with Gasteiger partial charge >= 0.3 is 0 Å². The summed E-state index contributed by atoms with van der Waals surface area (Å²) in [5.74, 6) is 0. The largest absolute Gasteiger partial charge is 0.295 e. The van der Waals surface area contributed by atoms with Crippen LogP contribution in [0.2, 0.25) is 0 Å². The Hall–Kier alpha value is -2.01. The van der Waals surface area contributed by atoms with Crippen LogP contribution in [0.3, 0.4) is 0 Å². The molecule has 0 N–H and O–H groups in total. The second-order valence-corrected chi connectivity index (χ2v) is 4.36. The van der Waals surface area contributed by atoms with E-state index in [9.17, 15) is 4.79 Å². The maximum Gasteiger partial charge on any atom is 0.178 e. The standard InChI is InChI=1S/C11H7N3OS/c15-7-11-12-6-10(16-11)8-4-9-2-1-3-14(9)13-5-8/h1-7H. The van der Waals surface area contributed by atoms with Gasteiger partial charge in [0.2, 0.25) is 0 Å². The van der Waals surface area contributed by atoms with E-state index < -0.39 is 0 Å². The van der Waals surface area contributed by atoms with Crippen molar-refractivity contribution in [3.63, 3.8) is 0 Å². The Morgan fingerprint density at radius 2 is 2.31 bits per heavy atom. The van der Waals surface area contributed by atoms with Crippen LogP contribution in [0.25, 0.3) is 16.0 Å². The van der Waals surface area contributed by atoms with Gasteiger partial charge in [-0.2, -0.15) is 5.10 Å². The zero-order valence-electron chi connectivity index (χ0n) is 8.20. The van der Waals surface area contributed by atoms with Gasteiger partial charge in [-0.15, -0.1) is 11.3 Å². The lowest BCUT2D eigenvalue weighted by Crippen LogP contribution is -1.88. The van der Waals surface area contributed by atoms with E-state index >= 15 is 0 Å². The minimum atomic E-state index is 0.491. The molecule has 0 saturated carbocycles. The van der Waals surface area contributed by atoms with Gasteiger partial charge in [-0.05, 0) is 18.2 Å². The zero-order valence-corrected chi connectivity index (χ0v) is 9.02. The van der Waals surface area contributed by atoms with Crippen molar-refractivity contribution in [2.24, 2.45) is 0 Å². The summed E-state index contributed by atoms with van der Waals surface area (Å²) in [7, 11) is 0. The fourth-order valence-corrected chi connectivity index (χ4v) is 2.25. The van der Waals surface area contributed by atoms with Gasteiger partial charge in [0.1, 0.15) is 0 Å². The van der Waals surface area contributed by atoms with E-state index in [1.807, 2.05) is 24.4 Å². The van der Waals surface area contributed by atoms with E-state index in [0.29, 0.717) is 5.01 Å². The lowest BCUT2D eigenvalue weighted by Gasteiger charge is -1.97. The quantitative estimate of drug-likeness (QED) is 0.633. The van der Waals surface area contributed by atoms with Crippen molar-refractivity contribution in [3.8, 4) is 10.4 Å². The summed E-state index contributed by atoms with van der Waals surface area (Å²) in [6.45, 7) is 0. The van der Waals surface area contributed by atoms with Crippen LogP contribution in [0, 0.1) is 0 Å². The summed E-state index contributed by atoms with van der Waals surface area (Å²) < 4.78 is 1.80. The zero-order chi connectivity index (χ0) is 11.0. The summed E-state index contributed by atoms with van der Waals surface area (Å²) >= 11 is 1.37. The van der Waals surface area contributed by atoms with E-state index in [1.165, 1.54) is 11.3 Å². The van der Waals surface area contributed by atoms with E-state index in [4.69, 9.17) is 0 Å². The summed E-state index contributed by atoms with van der Waals surface area (Å²) in [4.78, 5) is 15.5. The van der Waals surface area contributed by atoms with Crippen LogP contribution in [0.15, 0.2) is 36.8 Å². The number of hydrogen-bond donors (Lipinski definition) is 0. The second-order valence-electron chi connectivity index (χ2n) is 3.30. The van der Waals surface area contributed by atoms with Crippen molar-refractivity contribution in [2.45, 2.75) is 0 Å². The smallest absolute Gasteiger partial charge is 0.178 e. The highest BCUT2D eigenvalue weighted by atomic mass is 32.1. The topological polar surface area (TPSA) is 47.3 Å². The number of aldehydes is 1. The first-order chi connectivity index (χ1) is 7.86. The average Bonchev–Trinajstić information content (AvgIpc) is 2.96. The van der Waals surface area contributed by atoms with Gasteiger partial charge in [-0.3, -0.25) is 4.79 Å². The van der Waals surface area contributed by atoms with E-state index in [1.54, 1.807) is 16.9 Å². The molecule has 0 fully saturated rings. The van der Waals surface area contributed by atoms with E-state index in [2.05, 4.69) is 10.1 Å². The highest BCUT2D eigenvalue weighted by molar-refractivity contribution is 7.16. The minimum Gasteiger partial charge on any atom is -0.295 e. The molecular formula is C11H7N3OS. The Balaban J connectivity index is 2.13. The van der Waals surface area contributed by atoms with Crippen molar-refractivity contribution in [2.75, 3.05) is 0 Å². The highest BCUT2D eigenvalue weighted by Gasteiger charge is 2.05. The molecule has 0 radical (unpaired) electrons. The molecule has 0 aliphatic rings. The van der Waals surface area contributed by atoms with Crippen LogP contribution in [0.1, 0.15) is 9.80 Å². The summed E-state index contributed by atoms with van der Waals surface area (Å²) in [6, 6.07) is 5.95. The van der Waals surface area contributed by atoms with Crippen LogP contribution >= 0.6 is 11.3 Å². The van der Waals surface area contributed by atoms with E-state index in [0.717, 1.165) is 22.2 Å². The molecule has 0 atom stereocenters. The number of rotatable bonds is 2.